The van der Waals surface area contributed by atoms with E-state index in [9.17, 15) is 0 Å². The minimum atomic E-state index is -1.55. The summed E-state index contributed by atoms with van der Waals surface area (Å²) in [7, 11) is -1.55. The average Bonchev–Trinajstić information content (AvgIpc) is 4.04. The fraction of sp³-hybridized carbons (Fsp3) is 0.164. The minimum Gasteiger partial charge on any atom is -0.248 e. The Bertz CT molecular complexity index is 2970. The molecule has 5 aliphatic heterocycles. The molecule has 0 N–H and O–H groups in total. The predicted molar refractivity (Wildman–Crippen MR) is 271 cm³/mol. The van der Waals surface area contributed by atoms with E-state index in [-0.39, 0.29) is 0 Å². The Morgan fingerprint density at radius 3 is 1.11 bits per heavy atom. The lowest BCUT2D eigenvalue weighted by atomic mass is 9.90. The molecule has 0 amide bonds. The molecule has 4 aromatic rings. The van der Waals surface area contributed by atoms with Crippen molar-refractivity contribution in [2.45, 2.75) is 61.2 Å². The van der Waals surface area contributed by atoms with E-state index < -0.39 is 8.07 Å². The van der Waals surface area contributed by atoms with E-state index in [0.717, 1.165) is 95.7 Å². The number of halogens is 1. The topological polar surface area (TPSA) is 49.4 Å². The predicted octanol–water partition coefficient (Wildman–Crippen LogP) is 13.4. The van der Waals surface area contributed by atoms with Gasteiger partial charge in [0.25, 0.3) is 0 Å². The molecule has 5 heterocycles. The molecule has 6 heteroatoms. The first kappa shape index (κ1) is 40.4. The van der Waals surface area contributed by atoms with E-state index in [2.05, 4.69) is 217 Å². The van der Waals surface area contributed by atoms with Crippen LogP contribution in [0.4, 0.5) is 0 Å². The summed E-state index contributed by atoms with van der Waals surface area (Å²) in [5.74, 6) is 3.44. The summed E-state index contributed by atoms with van der Waals surface area (Å²) in [5, 5.41) is 0. The lowest BCUT2D eigenvalue weighted by Crippen LogP contribution is -2.16. The molecule has 0 fully saturated rings. The van der Waals surface area contributed by atoms with Crippen LogP contribution in [0.1, 0.15) is 61.2 Å². The van der Waals surface area contributed by atoms with Crippen LogP contribution in [0, 0.1) is 56.6 Å². The second kappa shape index (κ2) is 15.8. The second-order valence-corrected chi connectivity index (χ2v) is 23.5. The van der Waals surface area contributed by atoms with Crippen molar-refractivity contribution in [1.82, 2.24) is 0 Å². The Kier molecular flexibility index (Phi) is 10.5. The number of nitrogens with zero attached hydrogens (tertiary/aromatic N) is 4. The molecule has 4 nitrogen and oxygen atoms in total. The number of rotatable bonds is 4. The third-order valence-electron chi connectivity index (χ3n) is 11.4. The molecular formula is C55H47IN4Si. The molecule has 4 aromatic carbocycles. The van der Waals surface area contributed by atoms with E-state index >= 15 is 0 Å². The van der Waals surface area contributed by atoms with Gasteiger partial charge in [0.2, 0.25) is 0 Å². The zero-order valence-electron chi connectivity index (χ0n) is 36.2. The number of hydrogen-bond acceptors (Lipinski definition) is 4. The minimum absolute atomic E-state index is 0.850. The van der Waals surface area contributed by atoms with Crippen LogP contribution >= 0.6 is 22.6 Å². The van der Waals surface area contributed by atoms with Gasteiger partial charge in [-0.3, -0.25) is 0 Å². The van der Waals surface area contributed by atoms with Gasteiger partial charge in [-0.1, -0.05) is 85.2 Å². The van der Waals surface area contributed by atoms with Gasteiger partial charge in [0.05, 0.1) is 45.6 Å². The molecule has 0 spiro atoms. The van der Waals surface area contributed by atoms with Crippen molar-refractivity contribution in [3.05, 3.63) is 209 Å². The summed E-state index contributed by atoms with van der Waals surface area (Å²) in [6.07, 6.45) is 17.2. The number of fused-ring (bicyclic) bond motifs is 4. The zero-order valence-corrected chi connectivity index (χ0v) is 39.4. The summed E-state index contributed by atoms with van der Waals surface area (Å²) < 4.78 is 1.17. The lowest BCUT2D eigenvalue weighted by molar-refractivity contribution is 1.28. The van der Waals surface area contributed by atoms with Gasteiger partial charge < -0.3 is 0 Å². The monoisotopic (exact) mass is 918 g/mol. The molecule has 0 atom stereocenters. The van der Waals surface area contributed by atoms with Crippen molar-refractivity contribution < 1.29 is 0 Å². The van der Waals surface area contributed by atoms with Crippen LogP contribution in [0.2, 0.25) is 19.6 Å². The highest BCUT2D eigenvalue weighted by Gasteiger charge is 2.29. The first-order valence-electron chi connectivity index (χ1n) is 20.8. The van der Waals surface area contributed by atoms with Gasteiger partial charge in [0.1, 0.15) is 8.07 Å². The lowest BCUT2D eigenvalue weighted by Gasteiger charge is -2.17. The first-order valence-corrected chi connectivity index (χ1v) is 25.4. The van der Waals surface area contributed by atoms with Gasteiger partial charge in [-0.25, -0.2) is 20.0 Å². The zero-order chi connectivity index (χ0) is 42.7. The molecular weight excluding hydrogens is 872 g/mol. The Morgan fingerprint density at radius 1 is 0.426 bits per heavy atom. The molecule has 9 rings (SSSR count). The molecule has 0 radical (unpaired) electrons. The Balaban J connectivity index is 1.37. The summed E-state index contributed by atoms with van der Waals surface area (Å²) in [5.41, 5.74) is 27.0. The molecule has 5 aliphatic rings. The van der Waals surface area contributed by atoms with Crippen LogP contribution in [0.5, 0.6) is 0 Å². The molecule has 0 aliphatic carbocycles. The van der Waals surface area contributed by atoms with Crippen molar-refractivity contribution >= 4 is 75.8 Å². The van der Waals surface area contributed by atoms with Crippen LogP contribution in [0.25, 0.3) is 22.3 Å². The normalized spacial score (nSPS) is 16.8. The third kappa shape index (κ3) is 7.89. The van der Waals surface area contributed by atoms with E-state index in [1.807, 2.05) is 0 Å². The van der Waals surface area contributed by atoms with Crippen molar-refractivity contribution in [2.24, 2.45) is 20.0 Å². The van der Waals surface area contributed by atoms with Crippen LogP contribution in [-0.2, 0) is 0 Å². The van der Waals surface area contributed by atoms with Crippen molar-refractivity contribution in [2.75, 3.05) is 0 Å². The van der Waals surface area contributed by atoms with Crippen LogP contribution in [0.3, 0.4) is 0 Å². The number of hydrogen-bond donors (Lipinski definition) is 0. The van der Waals surface area contributed by atoms with Crippen LogP contribution in [0.15, 0.2) is 164 Å². The quantitative estimate of drug-likeness (QED) is 0.111. The maximum absolute atomic E-state index is 5.53. The van der Waals surface area contributed by atoms with Crippen molar-refractivity contribution in [3.63, 3.8) is 0 Å². The van der Waals surface area contributed by atoms with Crippen molar-refractivity contribution in [1.29, 1.82) is 0 Å². The van der Waals surface area contributed by atoms with Gasteiger partial charge in [-0.05, 0) is 182 Å². The third-order valence-corrected chi connectivity index (χ3v) is 12.9. The maximum Gasteiger partial charge on any atom is 0.129 e. The number of aliphatic imine (C=N–C) groups is 4. The Morgan fingerprint density at radius 2 is 0.754 bits per heavy atom. The Hall–Kier alpha value is -6.01. The van der Waals surface area contributed by atoms with Gasteiger partial charge in [0.15, 0.2) is 0 Å². The largest absolute Gasteiger partial charge is 0.248 e. The van der Waals surface area contributed by atoms with E-state index in [0.29, 0.717) is 0 Å². The van der Waals surface area contributed by atoms with Gasteiger partial charge in [-0.2, -0.15) is 0 Å². The van der Waals surface area contributed by atoms with Gasteiger partial charge in [-0.15, -0.1) is 5.54 Å². The smallest absolute Gasteiger partial charge is 0.129 e. The molecule has 0 saturated heterocycles. The highest BCUT2D eigenvalue weighted by molar-refractivity contribution is 14.1. The molecule has 298 valence electrons. The van der Waals surface area contributed by atoms with Crippen LogP contribution < -0.4 is 0 Å². The fourth-order valence-corrected chi connectivity index (χ4v) is 9.82. The molecule has 0 saturated carbocycles. The Labute approximate surface area is 375 Å². The van der Waals surface area contributed by atoms with E-state index in [4.69, 9.17) is 20.0 Å². The molecule has 61 heavy (non-hydrogen) atoms. The number of benzene rings is 4. The number of aryl methyl sites for hydroxylation is 6. The molecule has 8 bridgehead atoms. The average molecular weight is 919 g/mol. The van der Waals surface area contributed by atoms with Gasteiger partial charge in [0, 0.05) is 31.4 Å². The maximum atomic E-state index is 5.53. The van der Waals surface area contributed by atoms with Gasteiger partial charge >= 0.3 is 0 Å². The van der Waals surface area contributed by atoms with Crippen molar-refractivity contribution in [3.8, 4) is 11.5 Å². The summed E-state index contributed by atoms with van der Waals surface area (Å²) in [6.45, 7) is 19.9. The highest BCUT2D eigenvalue weighted by atomic mass is 127. The number of allylic oxidation sites excluding steroid dienone is 12. The SMILES string of the molecule is Cc1cc(C)c(C2=C3C=CC(=N3)C(c3ccc(C#C[Si](C)(C)C)cc3)=C3C=CC(=N3)C(c3c(C)cc(C)cc3C)=C3C=CC(=N3)C(c3ccc(I)cc3)=C3C=CC2=N3)c(C)c1. The van der Waals surface area contributed by atoms with E-state index in [1.54, 1.807) is 0 Å². The molecule has 0 aromatic heterocycles. The summed E-state index contributed by atoms with van der Waals surface area (Å²) in [4.78, 5) is 22.1. The summed E-state index contributed by atoms with van der Waals surface area (Å²) >= 11 is 2.37. The van der Waals surface area contributed by atoms with E-state index in [1.165, 1.54) is 37.0 Å². The molecule has 0 unspecified atom stereocenters. The summed E-state index contributed by atoms with van der Waals surface area (Å²) in [6, 6.07) is 26.3. The van der Waals surface area contributed by atoms with Crippen LogP contribution in [-0.4, -0.2) is 30.9 Å². The second-order valence-electron chi connectivity index (χ2n) is 17.5. The standard InChI is InChI=1S/C55H47IN4Si/c1-32-28-34(3)50(35(4)29-32)54-46-22-18-42(57-46)52(39-12-10-38(11-13-39)26-27-61(7,8)9)43-19-23-47(58-43)55(51-36(5)30-33(2)31-37(51)6)49-25-21-45(60-49)53(44-20-24-48(54)59-44)40-14-16-41(56)17-15-40/h10-25,28-31H,1-9H3. The first-order chi connectivity index (χ1) is 29.2. The highest BCUT2D eigenvalue weighted by Crippen LogP contribution is 2.41. The fourth-order valence-electron chi connectivity index (χ4n) is 8.94.